The molecule has 0 unspecified atom stereocenters. The minimum Gasteiger partial charge on any atom is -0.321 e. The minimum atomic E-state index is -3.63. The van der Waals surface area contributed by atoms with Crippen molar-refractivity contribution in [3.63, 3.8) is 0 Å². The van der Waals surface area contributed by atoms with Crippen molar-refractivity contribution in [2.75, 3.05) is 12.0 Å². The van der Waals surface area contributed by atoms with Crippen molar-refractivity contribution in [3.05, 3.63) is 18.3 Å². The van der Waals surface area contributed by atoms with Gasteiger partial charge in [-0.25, -0.2) is 18.1 Å². The van der Waals surface area contributed by atoms with Gasteiger partial charge in [0.1, 0.15) is 0 Å². The van der Waals surface area contributed by atoms with Gasteiger partial charge in [0.2, 0.25) is 0 Å². The molecule has 0 aromatic carbocycles. The van der Waals surface area contributed by atoms with Gasteiger partial charge < -0.3 is 5.43 Å². The summed E-state index contributed by atoms with van der Waals surface area (Å²) in [7, 11) is -3.63. The summed E-state index contributed by atoms with van der Waals surface area (Å²) in [6.07, 6.45) is 7.24. The Morgan fingerprint density at radius 3 is 2.57 bits per heavy atom. The number of nitrogen functional groups attached to an aromatic ring is 1. The zero-order valence-corrected chi connectivity index (χ0v) is 13.2. The Labute approximate surface area is 126 Å². The summed E-state index contributed by atoms with van der Waals surface area (Å²) >= 11 is 0. The predicted octanol–water partition coefficient (Wildman–Crippen LogP) is 1.86. The molecule has 6 nitrogen and oxygen atoms in total. The fraction of sp³-hybridized carbons (Fsp3) is 0.643. The van der Waals surface area contributed by atoms with E-state index in [0.717, 1.165) is 18.8 Å². The third kappa shape index (κ3) is 4.15. The molecular weight excluding hydrogens is 288 g/mol. The van der Waals surface area contributed by atoms with Crippen LogP contribution in [0.3, 0.4) is 0 Å². The third-order valence-corrected chi connectivity index (χ3v) is 5.67. The van der Waals surface area contributed by atoms with Gasteiger partial charge in [-0.2, -0.15) is 0 Å². The number of hydrogen-bond donors (Lipinski definition) is 3. The van der Waals surface area contributed by atoms with Gasteiger partial charge in [-0.1, -0.05) is 26.2 Å². The molecule has 4 N–H and O–H groups in total. The molecule has 1 aliphatic rings. The van der Waals surface area contributed by atoms with Crippen LogP contribution in [0.2, 0.25) is 0 Å². The summed E-state index contributed by atoms with van der Waals surface area (Å²) in [5, 5.41) is -0.0465. The topological polar surface area (TPSA) is 97.1 Å². The molecule has 0 amide bonds. The Balaban J connectivity index is 1.96. The summed E-state index contributed by atoms with van der Waals surface area (Å²) in [5.74, 6) is 6.56. The van der Waals surface area contributed by atoms with Gasteiger partial charge in [-0.3, -0.25) is 5.84 Å². The lowest BCUT2D eigenvalue weighted by Gasteiger charge is -2.27. The standard InChI is InChI=1S/C14H24N4O2S/c1-2-11-5-7-12(8-6-11)10-17-21(19,20)14-13(18-15)4-3-9-16-14/h3-4,9,11-12,17-18H,2,5-8,10,15H2,1H3. The molecule has 0 bridgehead atoms. The molecule has 0 atom stereocenters. The fourth-order valence-electron chi connectivity index (χ4n) is 2.85. The number of nitrogens with zero attached hydrogens (tertiary/aromatic N) is 1. The molecule has 2 rings (SSSR count). The molecule has 0 saturated heterocycles. The van der Waals surface area contributed by atoms with E-state index in [9.17, 15) is 8.42 Å². The van der Waals surface area contributed by atoms with Crippen LogP contribution in [-0.4, -0.2) is 19.9 Å². The second-order valence-corrected chi connectivity index (χ2v) is 7.33. The summed E-state index contributed by atoms with van der Waals surface area (Å²) in [5.41, 5.74) is 2.68. The minimum absolute atomic E-state index is 0.0465. The number of nitrogens with one attached hydrogen (secondary N) is 2. The molecule has 1 aliphatic carbocycles. The smallest absolute Gasteiger partial charge is 0.260 e. The van der Waals surface area contributed by atoms with Crippen LogP contribution in [0.15, 0.2) is 23.4 Å². The second kappa shape index (κ2) is 7.20. The Bertz CT molecular complexity index is 554. The zero-order chi connectivity index (χ0) is 15.3. The molecule has 0 radical (unpaired) electrons. The average molecular weight is 312 g/mol. The highest BCUT2D eigenvalue weighted by Crippen LogP contribution is 2.30. The lowest BCUT2D eigenvalue weighted by molar-refractivity contribution is 0.270. The van der Waals surface area contributed by atoms with Gasteiger partial charge in [-0.05, 0) is 36.8 Å². The summed E-state index contributed by atoms with van der Waals surface area (Å²) in [6.45, 7) is 2.69. The number of anilines is 1. The van der Waals surface area contributed by atoms with E-state index in [1.807, 2.05) is 0 Å². The quantitative estimate of drug-likeness (QED) is 0.550. The highest BCUT2D eigenvalue weighted by atomic mass is 32.2. The normalized spacial score (nSPS) is 23.0. The molecule has 1 aromatic heterocycles. The SMILES string of the molecule is CCC1CCC(CNS(=O)(=O)c2ncccc2NN)CC1. The highest BCUT2D eigenvalue weighted by molar-refractivity contribution is 7.89. The maximum Gasteiger partial charge on any atom is 0.260 e. The van der Waals surface area contributed by atoms with Crippen LogP contribution in [0, 0.1) is 11.8 Å². The first-order valence-electron chi connectivity index (χ1n) is 7.48. The van der Waals surface area contributed by atoms with Crippen LogP contribution in [0.25, 0.3) is 0 Å². The van der Waals surface area contributed by atoms with Crippen LogP contribution in [0.4, 0.5) is 5.69 Å². The van der Waals surface area contributed by atoms with E-state index < -0.39 is 10.0 Å². The predicted molar refractivity (Wildman–Crippen MR) is 83.0 cm³/mol. The Kier molecular flexibility index (Phi) is 5.55. The number of pyridine rings is 1. The van der Waals surface area contributed by atoms with E-state index in [1.54, 1.807) is 12.1 Å². The number of rotatable bonds is 6. The van der Waals surface area contributed by atoms with Crippen molar-refractivity contribution >= 4 is 15.7 Å². The van der Waals surface area contributed by atoms with Gasteiger partial charge >= 0.3 is 0 Å². The molecule has 1 heterocycles. The number of hydrazine groups is 1. The molecular formula is C14H24N4O2S. The van der Waals surface area contributed by atoms with E-state index in [4.69, 9.17) is 5.84 Å². The number of nitrogens with two attached hydrogens (primary N) is 1. The molecule has 0 aliphatic heterocycles. The first-order chi connectivity index (χ1) is 10.1. The lowest BCUT2D eigenvalue weighted by Crippen LogP contribution is -2.32. The van der Waals surface area contributed by atoms with E-state index in [-0.39, 0.29) is 5.03 Å². The van der Waals surface area contributed by atoms with Crippen LogP contribution >= 0.6 is 0 Å². The molecule has 21 heavy (non-hydrogen) atoms. The Morgan fingerprint density at radius 1 is 1.29 bits per heavy atom. The average Bonchev–Trinajstić information content (AvgIpc) is 2.53. The van der Waals surface area contributed by atoms with Gasteiger partial charge in [-0.15, -0.1) is 0 Å². The van der Waals surface area contributed by atoms with Crippen molar-refractivity contribution in [2.45, 2.75) is 44.1 Å². The van der Waals surface area contributed by atoms with Gasteiger partial charge in [0, 0.05) is 12.7 Å². The van der Waals surface area contributed by atoms with Gasteiger partial charge in [0.05, 0.1) is 5.69 Å². The molecule has 7 heteroatoms. The van der Waals surface area contributed by atoms with Gasteiger partial charge in [0.25, 0.3) is 10.0 Å². The van der Waals surface area contributed by atoms with Crippen molar-refractivity contribution in [2.24, 2.45) is 17.7 Å². The van der Waals surface area contributed by atoms with E-state index >= 15 is 0 Å². The molecule has 1 aromatic rings. The fourth-order valence-corrected chi connectivity index (χ4v) is 4.06. The number of aromatic nitrogens is 1. The summed E-state index contributed by atoms with van der Waals surface area (Å²) in [6, 6.07) is 3.23. The summed E-state index contributed by atoms with van der Waals surface area (Å²) < 4.78 is 27.3. The van der Waals surface area contributed by atoms with E-state index in [1.165, 1.54) is 25.5 Å². The van der Waals surface area contributed by atoms with E-state index in [0.29, 0.717) is 18.2 Å². The Hall–Kier alpha value is -1.18. The zero-order valence-electron chi connectivity index (χ0n) is 12.4. The third-order valence-electron chi connectivity index (χ3n) is 4.29. The molecule has 1 saturated carbocycles. The largest absolute Gasteiger partial charge is 0.321 e. The highest BCUT2D eigenvalue weighted by Gasteiger charge is 2.24. The summed E-state index contributed by atoms with van der Waals surface area (Å²) in [4.78, 5) is 3.92. The van der Waals surface area contributed by atoms with Crippen LogP contribution in [0.5, 0.6) is 0 Å². The molecule has 118 valence electrons. The van der Waals surface area contributed by atoms with Gasteiger partial charge in [0.15, 0.2) is 5.03 Å². The molecule has 1 fully saturated rings. The Morgan fingerprint density at radius 2 is 1.95 bits per heavy atom. The van der Waals surface area contributed by atoms with Crippen LogP contribution in [0.1, 0.15) is 39.0 Å². The van der Waals surface area contributed by atoms with Crippen molar-refractivity contribution in [3.8, 4) is 0 Å². The molecule has 0 spiro atoms. The maximum atomic E-state index is 12.3. The number of sulfonamides is 1. The monoisotopic (exact) mass is 312 g/mol. The lowest BCUT2D eigenvalue weighted by atomic mass is 9.81. The first kappa shape index (κ1) is 16.2. The second-order valence-electron chi connectivity index (χ2n) is 5.65. The van der Waals surface area contributed by atoms with E-state index in [2.05, 4.69) is 22.1 Å². The first-order valence-corrected chi connectivity index (χ1v) is 8.96. The van der Waals surface area contributed by atoms with Crippen LogP contribution in [-0.2, 0) is 10.0 Å². The maximum absolute atomic E-state index is 12.3. The van der Waals surface area contributed by atoms with Crippen molar-refractivity contribution < 1.29 is 8.42 Å². The van der Waals surface area contributed by atoms with Crippen molar-refractivity contribution in [1.29, 1.82) is 0 Å². The van der Waals surface area contributed by atoms with Crippen LogP contribution < -0.4 is 16.0 Å². The number of hydrogen-bond acceptors (Lipinski definition) is 5. The van der Waals surface area contributed by atoms with Crippen molar-refractivity contribution in [1.82, 2.24) is 9.71 Å².